The highest BCUT2D eigenvalue weighted by Crippen LogP contribution is 1.79. The first-order valence-corrected chi connectivity index (χ1v) is 3.90. The zero-order chi connectivity index (χ0) is 12.3. The lowest BCUT2D eigenvalue weighted by molar-refractivity contribution is 0.0472. The van der Waals surface area contributed by atoms with Crippen LogP contribution in [0.2, 0.25) is 0 Å². The number of carbonyl (C=O) groups is 2. The van der Waals surface area contributed by atoms with E-state index in [9.17, 15) is 9.59 Å². The summed E-state index contributed by atoms with van der Waals surface area (Å²) < 4.78 is 7.84. The highest BCUT2D eigenvalue weighted by atomic mass is 16.7. The van der Waals surface area contributed by atoms with Crippen LogP contribution in [0.15, 0.2) is 0 Å². The second-order valence-electron chi connectivity index (χ2n) is 2.26. The molecule has 90 valence electrons. The van der Waals surface area contributed by atoms with Gasteiger partial charge in [0.2, 0.25) is 0 Å². The molecule has 1 unspecified atom stereocenters. The first-order chi connectivity index (χ1) is 6.90. The molecule has 8 heteroatoms. The highest BCUT2D eigenvalue weighted by molar-refractivity contribution is 5.57. The van der Waals surface area contributed by atoms with Gasteiger partial charge in [0.25, 0.3) is 0 Å². The molecule has 0 saturated carbocycles. The van der Waals surface area contributed by atoms with Crippen LogP contribution < -0.4 is 0 Å². The van der Waals surface area contributed by atoms with Crippen LogP contribution in [-0.2, 0) is 9.47 Å². The Morgan fingerprint density at radius 2 is 1.40 bits per heavy atom. The first-order valence-electron chi connectivity index (χ1n) is 3.90. The van der Waals surface area contributed by atoms with Gasteiger partial charge in [0, 0.05) is 0 Å². The van der Waals surface area contributed by atoms with Crippen LogP contribution in [0.3, 0.4) is 0 Å². The minimum absolute atomic E-state index is 0.139. The Balaban J connectivity index is 0. The van der Waals surface area contributed by atoms with Crippen molar-refractivity contribution in [1.82, 2.24) is 0 Å². The van der Waals surface area contributed by atoms with E-state index < -0.39 is 18.4 Å². The van der Waals surface area contributed by atoms with E-state index in [1.165, 1.54) is 6.92 Å². The van der Waals surface area contributed by atoms with Crippen LogP contribution in [0.4, 0.5) is 9.59 Å². The molecule has 0 spiro atoms. The maximum atomic E-state index is 9.62. The number of ether oxygens (including phenoxy) is 2. The quantitative estimate of drug-likeness (QED) is 0.380. The second-order valence-corrected chi connectivity index (χ2v) is 2.26. The summed E-state index contributed by atoms with van der Waals surface area (Å²) in [5, 5.41) is 31.7. The van der Waals surface area contributed by atoms with Crippen molar-refractivity contribution >= 4 is 12.3 Å². The largest absolute Gasteiger partial charge is 0.505 e. The molecule has 15 heavy (non-hydrogen) atoms. The predicted octanol–water partition coefficient (Wildman–Crippen LogP) is -0.265. The topological polar surface area (TPSA) is 134 Å². The fourth-order valence-electron chi connectivity index (χ4n) is 0.258. The SMILES string of the molecule is CC(O)CO.O=C(O)OCCOC(=O)O. The van der Waals surface area contributed by atoms with Crippen LogP contribution in [0, 0.1) is 0 Å². The van der Waals surface area contributed by atoms with Crippen LogP contribution >= 0.6 is 0 Å². The number of aliphatic hydroxyl groups excluding tert-OH is 2. The Kier molecular flexibility index (Phi) is 11.2. The van der Waals surface area contributed by atoms with Crippen molar-refractivity contribution in [2.45, 2.75) is 13.0 Å². The second kappa shape index (κ2) is 10.5. The van der Waals surface area contributed by atoms with Crippen LogP contribution in [0.1, 0.15) is 6.92 Å². The number of rotatable bonds is 4. The highest BCUT2D eigenvalue weighted by Gasteiger charge is 1.98. The molecule has 8 nitrogen and oxygen atoms in total. The van der Waals surface area contributed by atoms with Crippen molar-refractivity contribution in [3.63, 3.8) is 0 Å². The molecular formula is C7H14O8. The average Bonchev–Trinajstić information content (AvgIpc) is 2.13. The molecule has 0 aliphatic carbocycles. The van der Waals surface area contributed by atoms with Crippen molar-refractivity contribution in [3.05, 3.63) is 0 Å². The van der Waals surface area contributed by atoms with E-state index in [0.717, 1.165) is 0 Å². The zero-order valence-corrected chi connectivity index (χ0v) is 8.12. The predicted molar refractivity (Wildman–Crippen MR) is 46.7 cm³/mol. The molecular weight excluding hydrogens is 212 g/mol. The maximum absolute atomic E-state index is 9.62. The number of hydrogen-bond donors (Lipinski definition) is 4. The molecule has 0 heterocycles. The molecule has 0 fully saturated rings. The van der Waals surface area contributed by atoms with Crippen LogP contribution in [0.25, 0.3) is 0 Å². The van der Waals surface area contributed by atoms with Crippen molar-refractivity contribution in [1.29, 1.82) is 0 Å². The van der Waals surface area contributed by atoms with E-state index in [1.54, 1.807) is 0 Å². The Bertz CT molecular complexity index is 162. The van der Waals surface area contributed by atoms with Gasteiger partial charge in [0.1, 0.15) is 13.2 Å². The molecule has 0 aliphatic heterocycles. The van der Waals surface area contributed by atoms with Gasteiger partial charge in [-0.3, -0.25) is 0 Å². The van der Waals surface area contributed by atoms with E-state index in [-0.39, 0.29) is 19.8 Å². The standard InChI is InChI=1S/C4H6O6.C3H8O2/c5-3(6)9-1-2-10-4(7)8;1-3(5)2-4/h1-2H2,(H,5,6)(H,7,8);3-5H,2H2,1H3. The Hall–Kier alpha value is -1.54. The molecule has 4 N–H and O–H groups in total. The maximum Gasteiger partial charge on any atom is 0.505 e. The third-order valence-corrected chi connectivity index (χ3v) is 0.799. The van der Waals surface area contributed by atoms with Gasteiger partial charge < -0.3 is 29.9 Å². The molecule has 0 aliphatic rings. The number of aliphatic hydroxyl groups is 2. The summed E-state index contributed by atoms with van der Waals surface area (Å²) in [6.07, 6.45) is -3.46. The van der Waals surface area contributed by atoms with E-state index in [0.29, 0.717) is 0 Å². The molecule has 1 atom stereocenters. The summed E-state index contributed by atoms with van der Waals surface area (Å²) in [4.78, 5) is 19.2. The van der Waals surface area contributed by atoms with Gasteiger partial charge in [-0.05, 0) is 6.92 Å². The fraction of sp³-hybridized carbons (Fsp3) is 0.714. The molecule has 0 amide bonds. The smallest absolute Gasteiger partial charge is 0.450 e. The number of carboxylic acid groups (broad SMARTS) is 2. The summed E-state index contributed by atoms with van der Waals surface area (Å²) in [5.41, 5.74) is 0. The van der Waals surface area contributed by atoms with Gasteiger partial charge in [0.15, 0.2) is 0 Å². The van der Waals surface area contributed by atoms with E-state index in [1.807, 2.05) is 0 Å². The molecule has 0 aromatic rings. The average molecular weight is 226 g/mol. The zero-order valence-electron chi connectivity index (χ0n) is 8.12. The van der Waals surface area contributed by atoms with Crippen molar-refractivity contribution in [2.75, 3.05) is 19.8 Å². The first kappa shape index (κ1) is 15.9. The molecule has 0 radical (unpaired) electrons. The van der Waals surface area contributed by atoms with E-state index in [4.69, 9.17) is 20.4 Å². The molecule has 0 saturated heterocycles. The van der Waals surface area contributed by atoms with E-state index >= 15 is 0 Å². The lowest BCUT2D eigenvalue weighted by Gasteiger charge is -1.98. The summed E-state index contributed by atoms with van der Waals surface area (Å²) in [5.74, 6) is 0. The van der Waals surface area contributed by atoms with Crippen molar-refractivity contribution < 1.29 is 39.5 Å². The van der Waals surface area contributed by atoms with Gasteiger partial charge in [-0.1, -0.05) is 0 Å². The summed E-state index contributed by atoms with van der Waals surface area (Å²) in [6, 6.07) is 0. The number of hydrogen-bond acceptors (Lipinski definition) is 6. The van der Waals surface area contributed by atoms with Crippen molar-refractivity contribution in [3.8, 4) is 0 Å². The third-order valence-electron chi connectivity index (χ3n) is 0.799. The third kappa shape index (κ3) is 24.5. The van der Waals surface area contributed by atoms with Crippen molar-refractivity contribution in [2.24, 2.45) is 0 Å². The normalized spacial score (nSPS) is 10.6. The van der Waals surface area contributed by atoms with Gasteiger partial charge in [-0.25, -0.2) is 9.59 Å². The lowest BCUT2D eigenvalue weighted by Crippen LogP contribution is -2.10. The van der Waals surface area contributed by atoms with Gasteiger partial charge in [0.05, 0.1) is 12.7 Å². The Morgan fingerprint density at radius 1 is 1.13 bits per heavy atom. The summed E-state index contributed by atoms with van der Waals surface area (Å²) in [7, 11) is 0. The van der Waals surface area contributed by atoms with E-state index in [2.05, 4.69) is 9.47 Å². The molecule has 0 rings (SSSR count). The van der Waals surface area contributed by atoms with Gasteiger partial charge in [-0.15, -0.1) is 0 Å². The molecule has 0 bridgehead atoms. The van der Waals surface area contributed by atoms with Gasteiger partial charge >= 0.3 is 12.3 Å². The van der Waals surface area contributed by atoms with Gasteiger partial charge in [-0.2, -0.15) is 0 Å². The Morgan fingerprint density at radius 3 is 1.53 bits per heavy atom. The fourth-order valence-corrected chi connectivity index (χ4v) is 0.258. The molecule has 0 aromatic carbocycles. The summed E-state index contributed by atoms with van der Waals surface area (Å²) in [6.45, 7) is 0.837. The van der Waals surface area contributed by atoms with Crippen LogP contribution in [0.5, 0.6) is 0 Å². The minimum Gasteiger partial charge on any atom is -0.450 e. The minimum atomic E-state index is -1.45. The molecule has 0 aromatic heterocycles. The lowest BCUT2D eigenvalue weighted by atomic mass is 10.5. The Labute approximate surface area is 85.7 Å². The monoisotopic (exact) mass is 226 g/mol. The summed E-state index contributed by atoms with van der Waals surface area (Å²) >= 11 is 0. The van der Waals surface area contributed by atoms with Crippen LogP contribution in [-0.4, -0.2) is 58.7 Å².